The first-order valence-corrected chi connectivity index (χ1v) is 10.5. The van der Waals surface area contributed by atoms with Gasteiger partial charge < -0.3 is 9.72 Å². The lowest BCUT2D eigenvalue weighted by molar-refractivity contribution is 0.0962. The fourth-order valence-electron chi connectivity index (χ4n) is 4.43. The molecular formula is C24H26F4N2O. The number of rotatable bonds is 6. The minimum atomic E-state index is -1.58. The zero-order valence-electron chi connectivity index (χ0n) is 17.9. The lowest BCUT2D eigenvalue weighted by Gasteiger charge is -2.38. The number of benzene rings is 2. The maximum atomic E-state index is 15.2. The molecule has 0 amide bonds. The average molecular weight is 434 g/mol. The normalized spacial score (nSPS) is 17.2. The first-order valence-electron chi connectivity index (χ1n) is 10.5. The second kappa shape index (κ2) is 8.19. The number of H-pyrrole nitrogens is 1. The van der Waals surface area contributed by atoms with Gasteiger partial charge in [-0.05, 0) is 38.3 Å². The molecule has 1 aliphatic rings. The predicted molar refractivity (Wildman–Crippen MR) is 113 cm³/mol. The van der Waals surface area contributed by atoms with Crippen LogP contribution in [0, 0.1) is 17.5 Å². The van der Waals surface area contributed by atoms with Crippen LogP contribution in [0.25, 0.3) is 10.9 Å². The van der Waals surface area contributed by atoms with Crippen LogP contribution in [-0.4, -0.2) is 35.2 Å². The van der Waals surface area contributed by atoms with Crippen molar-refractivity contribution in [2.24, 2.45) is 0 Å². The molecule has 1 aromatic heterocycles. The van der Waals surface area contributed by atoms with Crippen molar-refractivity contribution in [2.45, 2.75) is 45.3 Å². The summed E-state index contributed by atoms with van der Waals surface area (Å²) in [6.07, 6.45) is 1.23. The summed E-state index contributed by atoms with van der Waals surface area (Å²) in [5, 5.41) is 0.683. The summed E-state index contributed by atoms with van der Waals surface area (Å²) in [6, 6.07) is 6.13. The van der Waals surface area contributed by atoms with Crippen molar-refractivity contribution < 1.29 is 22.3 Å². The second-order valence-corrected chi connectivity index (χ2v) is 8.67. The van der Waals surface area contributed by atoms with Crippen LogP contribution >= 0.6 is 0 Å². The molecule has 0 bridgehead atoms. The van der Waals surface area contributed by atoms with E-state index < -0.39 is 29.2 Å². The summed E-state index contributed by atoms with van der Waals surface area (Å²) >= 11 is 0. The number of hydrogen-bond acceptors (Lipinski definition) is 2. The van der Waals surface area contributed by atoms with Crippen LogP contribution in [0.5, 0.6) is 5.75 Å². The molecule has 1 aliphatic heterocycles. The fourth-order valence-corrected chi connectivity index (χ4v) is 4.43. The number of alkyl halides is 1. The van der Waals surface area contributed by atoms with Crippen molar-refractivity contribution in [3.8, 4) is 5.75 Å². The summed E-state index contributed by atoms with van der Waals surface area (Å²) in [7, 11) is 0. The first-order chi connectivity index (χ1) is 14.7. The van der Waals surface area contributed by atoms with Gasteiger partial charge in [0.25, 0.3) is 0 Å². The maximum Gasteiger partial charge on any atom is 0.147 e. The van der Waals surface area contributed by atoms with Crippen LogP contribution in [0.4, 0.5) is 17.6 Å². The van der Waals surface area contributed by atoms with E-state index in [-0.39, 0.29) is 17.9 Å². The van der Waals surface area contributed by atoms with Crippen molar-refractivity contribution in [3.63, 3.8) is 0 Å². The summed E-state index contributed by atoms with van der Waals surface area (Å²) in [4.78, 5) is 4.76. The molecule has 1 atom stereocenters. The third-order valence-electron chi connectivity index (χ3n) is 5.59. The van der Waals surface area contributed by atoms with Crippen molar-refractivity contribution in [2.75, 3.05) is 19.7 Å². The van der Waals surface area contributed by atoms with Crippen molar-refractivity contribution >= 4 is 10.9 Å². The van der Waals surface area contributed by atoms with E-state index >= 15 is 8.78 Å². The van der Waals surface area contributed by atoms with Gasteiger partial charge in [0.1, 0.15) is 28.9 Å². The van der Waals surface area contributed by atoms with Gasteiger partial charge in [-0.15, -0.1) is 0 Å². The van der Waals surface area contributed by atoms with Crippen molar-refractivity contribution in [1.29, 1.82) is 0 Å². The number of aromatic amines is 1. The van der Waals surface area contributed by atoms with Crippen molar-refractivity contribution in [3.05, 3.63) is 64.6 Å². The minimum Gasteiger partial charge on any atom is -0.493 e. The molecule has 0 spiro atoms. The summed E-state index contributed by atoms with van der Waals surface area (Å²) in [6.45, 7) is 5.46. The van der Waals surface area contributed by atoms with E-state index in [0.717, 1.165) is 17.7 Å². The van der Waals surface area contributed by atoms with Crippen LogP contribution in [0.15, 0.2) is 30.3 Å². The number of ether oxygens (including phenoxy) is 1. The van der Waals surface area contributed by atoms with E-state index in [9.17, 15) is 8.78 Å². The Hall–Kier alpha value is -2.54. The molecule has 7 heteroatoms. The van der Waals surface area contributed by atoms with Gasteiger partial charge in [0.15, 0.2) is 0 Å². The second-order valence-electron chi connectivity index (χ2n) is 8.67. The predicted octanol–water partition coefficient (Wildman–Crippen LogP) is 6.07. The van der Waals surface area contributed by atoms with Gasteiger partial charge in [-0.1, -0.05) is 19.1 Å². The third-order valence-corrected chi connectivity index (χ3v) is 5.59. The Kier molecular flexibility index (Phi) is 5.73. The van der Waals surface area contributed by atoms with E-state index in [1.807, 2.05) is 6.92 Å². The van der Waals surface area contributed by atoms with Crippen LogP contribution in [0.3, 0.4) is 0 Å². The molecule has 31 heavy (non-hydrogen) atoms. The molecule has 0 saturated carbocycles. The lowest BCUT2D eigenvalue weighted by Crippen LogP contribution is -2.43. The molecule has 0 fully saturated rings. The molecule has 0 aliphatic carbocycles. The van der Waals surface area contributed by atoms with Gasteiger partial charge in [-0.25, -0.2) is 17.6 Å². The molecule has 2 heterocycles. The number of fused-ring (bicyclic) bond motifs is 3. The van der Waals surface area contributed by atoms with Gasteiger partial charge in [-0.3, -0.25) is 4.90 Å². The highest BCUT2D eigenvalue weighted by atomic mass is 19.1. The Morgan fingerprint density at radius 1 is 1.13 bits per heavy atom. The van der Waals surface area contributed by atoms with Gasteiger partial charge in [0.2, 0.25) is 0 Å². The third kappa shape index (κ3) is 4.15. The highest BCUT2D eigenvalue weighted by molar-refractivity contribution is 5.86. The number of halogens is 4. The van der Waals surface area contributed by atoms with Crippen LogP contribution < -0.4 is 4.74 Å². The van der Waals surface area contributed by atoms with E-state index in [0.29, 0.717) is 42.6 Å². The topological polar surface area (TPSA) is 28.3 Å². The minimum absolute atomic E-state index is 0.0259. The smallest absolute Gasteiger partial charge is 0.147 e. The Labute approximate surface area is 179 Å². The van der Waals surface area contributed by atoms with Gasteiger partial charge >= 0.3 is 0 Å². The van der Waals surface area contributed by atoms with E-state index in [1.54, 1.807) is 17.0 Å². The Morgan fingerprint density at radius 2 is 1.84 bits per heavy atom. The van der Waals surface area contributed by atoms with Crippen LogP contribution in [0.2, 0.25) is 0 Å². The Morgan fingerprint density at radius 3 is 2.48 bits per heavy atom. The molecule has 2 aromatic carbocycles. The molecule has 3 nitrogen and oxygen atoms in total. The number of nitrogens with one attached hydrogen (secondary N) is 1. The summed E-state index contributed by atoms with van der Waals surface area (Å²) in [5.74, 6) is -1.88. The number of hydrogen-bond donors (Lipinski definition) is 1. The monoisotopic (exact) mass is 434 g/mol. The van der Waals surface area contributed by atoms with Crippen LogP contribution in [-0.2, 0) is 6.42 Å². The van der Waals surface area contributed by atoms with E-state index in [4.69, 9.17) is 4.74 Å². The largest absolute Gasteiger partial charge is 0.493 e. The quantitative estimate of drug-likeness (QED) is 0.477. The molecule has 0 saturated heterocycles. The zero-order valence-corrected chi connectivity index (χ0v) is 17.9. The molecular weight excluding hydrogens is 408 g/mol. The average Bonchev–Trinajstić information content (AvgIpc) is 3.06. The number of para-hydroxylation sites is 1. The summed E-state index contributed by atoms with van der Waals surface area (Å²) in [5.41, 5.74) is -0.179. The van der Waals surface area contributed by atoms with Gasteiger partial charge in [-0.2, -0.15) is 0 Å². The zero-order chi connectivity index (χ0) is 22.3. The lowest BCUT2D eigenvalue weighted by atomic mass is 9.90. The molecule has 4 rings (SSSR count). The number of aromatic nitrogens is 1. The number of nitrogens with zero attached hydrogens (tertiary/aromatic N) is 1. The van der Waals surface area contributed by atoms with E-state index in [1.165, 1.54) is 19.9 Å². The first kappa shape index (κ1) is 21.7. The molecule has 1 N–H and O–H groups in total. The molecule has 166 valence electrons. The van der Waals surface area contributed by atoms with Crippen molar-refractivity contribution in [1.82, 2.24) is 9.88 Å². The summed E-state index contributed by atoms with van der Waals surface area (Å²) < 4.78 is 64.9. The fraction of sp³-hybridized carbons (Fsp3) is 0.417. The van der Waals surface area contributed by atoms with Gasteiger partial charge in [0.05, 0.1) is 18.2 Å². The highest BCUT2D eigenvalue weighted by Gasteiger charge is 2.38. The highest BCUT2D eigenvalue weighted by Crippen LogP contribution is 2.42. The SMILES string of the molecule is CCCOc1cc(F)c([C@H]2c3[nH]c4c(F)cccc4c3CCN2CC(C)(C)F)c(F)c1. The molecule has 3 aromatic rings. The Balaban J connectivity index is 1.88. The van der Waals surface area contributed by atoms with E-state index in [2.05, 4.69) is 4.98 Å². The maximum absolute atomic E-state index is 15.2. The van der Waals surface area contributed by atoms with Gasteiger partial charge in [0, 0.05) is 41.9 Å². The van der Waals surface area contributed by atoms with Crippen LogP contribution in [0.1, 0.15) is 50.1 Å². The standard InChI is InChI=1S/C24H26F4N2O/c1-4-10-31-14-11-18(26)20(19(27)12-14)23-22-16(8-9-30(23)13-24(2,3)28)15-6-5-7-17(25)21(15)29-22/h5-7,11-12,23,29H,4,8-10,13H2,1-3H3/t23-/m0/s1. The molecule has 0 radical (unpaired) electrons. The Bertz CT molecular complexity index is 1080. The molecule has 0 unspecified atom stereocenters.